The maximum Gasteiger partial charge on any atom is 0.229 e. The highest BCUT2D eigenvalue weighted by Crippen LogP contribution is 2.30. The van der Waals surface area contributed by atoms with Crippen molar-refractivity contribution in [3.8, 4) is 0 Å². The van der Waals surface area contributed by atoms with E-state index in [9.17, 15) is 4.79 Å². The summed E-state index contributed by atoms with van der Waals surface area (Å²) in [6, 6.07) is 6.30. The van der Waals surface area contributed by atoms with Crippen LogP contribution in [0.3, 0.4) is 0 Å². The molecule has 0 bridgehead atoms. The zero-order valence-corrected chi connectivity index (χ0v) is 17.6. The highest BCUT2D eigenvalue weighted by atomic mass is 32.1. The van der Waals surface area contributed by atoms with Gasteiger partial charge in [0.2, 0.25) is 5.91 Å². The second kappa shape index (κ2) is 7.88. The van der Waals surface area contributed by atoms with Gasteiger partial charge >= 0.3 is 0 Å². The lowest BCUT2D eigenvalue weighted by atomic mass is 9.96. The molecule has 3 heterocycles. The third-order valence-corrected chi connectivity index (χ3v) is 7.17. The maximum absolute atomic E-state index is 12.7. The van der Waals surface area contributed by atoms with Crippen molar-refractivity contribution in [2.75, 3.05) is 18.4 Å². The molecule has 0 atom stereocenters. The van der Waals surface area contributed by atoms with Gasteiger partial charge in [0.1, 0.15) is 5.82 Å². The van der Waals surface area contributed by atoms with Gasteiger partial charge in [0.05, 0.1) is 23.3 Å². The second-order valence-electron chi connectivity index (χ2n) is 8.34. The van der Waals surface area contributed by atoms with Gasteiger partial charge in [-0.1, -0.05) is 6.07 Å². The summed E-state index contributed by atoms with van der Waals surface area (Å²) in [6.45, 7) is 4.74. The molecule has 2 N–H and O–H groups in total. The Morgan fingerprint density at radius 3 is 2.90 bits per heavy atom. The van der Waals surface area contributed by atoms with Gasteiger partial charge in [-0.15, -0.1) is 11.3 Å². The van der Waals surface area contributed by atoms with Crippen molar-refractivity contribution >= 4 is 33.4 Å². The molecule has 1 aliphatic heterocycles. The average Bonchev–Trinajstić information content (AvgIpc) is 3.30. The molecule has 2 aliphatic rings. The van der Waals surface area contributed by atoms with Gasteiger partial charge in [-0.05, 0) is 76.2 Å². The molecule has 0 spiro atoms. The molecule has 5 rings (SSSR count). The number of piperidine rings is 1. The minimum Gasteiger partial charge on any atom is -0.341 e. The van der Waals surface area contributed by atoms with Gasteiger partial charge in [-0.2, -0.15) is 0 Å². The number of nitrogens with one attached hydrogen (secondary N) is 2. The van der Waals surface area contributed by atoms with E-state index in [4.69, 9.17) is 4.98 Å². The molecular formula is C22H27N5OS. The van der Waals surface area contributed by atoms with E-state index in [0.29, 0.717) is 0 Å². The summed E-state index contributed by atoms with van der Waals surface area (Å²) in [5, 5.41) is 3.88. The largest absolute Gasteiger partial charge is 0.341 e. The third kappa shape index (κ3) is 4.07. The van der Waals surface area contributed by atoms with Gasteiger partial charge in [0.15, 0.2) is 5.13 Å². The molecule has 1 amide bonds. The molecule has 2 aromatic heterocycles. The Labute approximate surface area is 174 Å². The quantitative estimate of drug-likeness (QED) is 0.682. The number of aromatic amines is 1. The fourth-order valence-electron chi connectivity index (χ4n) is 4.43. The van der Waals surface area contributed by atoms with E-state index in [2.05, 4.69) is 45.3 Å². The normalized spacial score (nSPS) is 18.1. The molecule has 3 aromatic rings. The molecule has 29 heavy (non-hydrogen) atoms. The summed E-state index contributed by atoms with van der Waals surface area (Å²) in [6.07, 6.45) is 6.40. The van der Waals surface area contributed by atoms with Crippen LogP contribution >= 0.6 is 11.3 Å². The highest BCUT2D eigenvalue weighted by molar-refractivity contribution is 7.15. The van der Waals surface area contributed by atoms with E-state index in [-0.39, 0.29) is 11.8 Å². The summed E-state index contributed by atoms with van der Waals surface area (Å²) in [5.74, 6) is 1.21. The number of likely N-dealkylation sites (tertiary alicyclic amines) is 1. The fourth-order valence-corrected chi connectivity index (χ4v) is 5.48. The lowest BCUT2D eigenvalue weighted by molar-refractivity contribution is -0.121. The van der Waals surface area contributed by atoms with Crippen LogP contribution in [-0.2, 0) is 24.2 Å². The van der Waals surface area contributed by atoms with Crippen LogP contribution in [0.4, 0.5) is 5.13 Å². The number of H-pyrrole nitrogens is 1. The van der Waals surface area contributed by atoms with Crippen LogP contribution in [0.25, 0.3) is 11.0 Å². The van der Waals surface area contributed by atoms with E-state index in [1.807, 2.05) is 0 Å². The fraction of sp³-hybridized carbons (Fsp3) is 0.500. The standard InChI is InChI=1S/C22H27N5OS/c1-14-6-7-16-18(12-14)24-20(23-16)13-27-10-8-15(9-11-27)21(28)26-22-25-17-4-2-3-5-19(17)29-22/h6-7,12,15H,2-5,8-11,13H2,1H3,(H,23,24)(H,25,26,28). The van der Waals surface area contributed by atoms with Crippen LogP contribution in [0.5, 0.6) is 0 Å². The van der Waals surface area contributed by atoms with Crippen molar-refractivity contribution < 1.29 is 4.79 Å². The Kier molecular flexibility index (Phi) is 5.09. The van der Waals surface area contributed by atoms with Gasteiger partial charge in [0, 0.05) is 10.8 Å². The van der Waals surface area contributed by atoms with Gasteiger partial charge in [-0.25, -0.2) is 9.97 Å². The van der Waals surface area contributed by atoms with Gasteiger partial charge in [-0.3, -0.25) is 9.69 Å². The summed E-state index contributed by atoms with van der Waals surface area (Å²) < 4.78 is 0. The Bertz CT molecular complexity index is 1010. The van der Waals surface area contributed by atoms with Crippen molar-refractivity contribution in [3.63, 3.8) is 0 Å². The van der Waals surface area contributed by atoms with Crippen LogP contribution < -0.4 is 5.32 Å². The molecule has 152 valence electrons. The van der Waals surface area contributed by atoms with Gasteiger partial charge in [0.25, 0.3) is 0 Å². The Hall–Kier alpha value is -2.25. The van der Waals surface area contributed by atoms with E-state index in [1.165, 1.54) is 29.0 Å². The van der Waals surface area contributed by atoms with Crippen molar-refractivity contribution in [1.29, 1.82) is 0 Å². The zero-order chi connectivity index (χ0) is 19.8. The minimum atomic E-state index is 0.0745. The number of imidazole rings is 1. The molecule has 6 nitrogen and oxygen atoms in total. The lowest BCUT2D eigenvalue weighted by Gasteiger charge is -2.30. The maximum atomic E-state index is 12.7. The van der Waals surface area contributed by atoms with Crippen LogP contribution in [0, 0.1) is 12.8 Å². The first-order valence-corrected chi connectivity index (χ1v) is 11.4. The predicted octanol–water partition coefficient (Wildman–Crippen LogP) is 4.06. The Balaban J connectivity index is 1.15. The lowest BCUT2D eigenvalue weighted by Crippen LogP contribution is -2.38. The van der Waals surface area contributed by atoms with Crippen LogP contribution in [0.2, 0.25) is 0 Å². The van der Waals surface area contributed by atoms with Crippen molar-refractivity contribution in [1.82, 2.24) is 19.9 Å². The molecule has 0 saturated carbocycles. The third-order valence-electron chi connectivity index (χ3n) is 6.09. The minimum absolute atomic E-state index is 0.0745. The van der Waals surface area contributed by atoms with E-state index in [0.717, 1.165) is 67.3 Å². The van der Waals surface area contributed by atoms with E-state index in [1.54, 1.807) is 11.3 Å². The summed E-state index contributed by atoms with van der Waals surface area (Å²) in [7, 11) is 0. The van der Waals surface area contributed by atoms with Crippen molar-refractivity contribution in [2.45, 2.75) is 52.0 Å². The number of rotatable bonds is 4. The molecule has 1 aliphatic carbocycles. The van der Waals surface area contributed by atoms with E-state index >= 15 is 0 Å². The number of benzene rings is 1. The molecule has 0 radical (unpaired) electrons. The van der Waals surface area contributed by atoms with Crippen molar-refractivity contribution in [3.05, 3.63) is 40.2 Å². The summed E-state index contributed by atoms with van der Waals surface area (Å²) in [5.41, 5.74) is 4.56. The SMILES string of the molecule is Cc1ccc2nc(CN3CCC(C(=O)Nc4nc5c(s4)CCCC5)CC3)[nH]c2c1. The zero-order valence-electron chi connectivity index (χ0n) is 16.8. The molecule has 0 unspecified atom stereocenters. The first-order valence-electron chi connectivity index (χ1n) is 10.6. The topological polar surface area (TPSA) is 73.9 Å². The molecular weight excluding hydrogens is 382 g/mol. The summed E-state index contributed by atoms with van der Waals surface area (Å²) >= 11 is 1.67. The Morgan fingerprint density at radius 2 is 2.07 bits per heavy atom. The smallest absolute Gasteiger partial charge is 0.229 e. The van der Waals surface area contributed by atoms with Gasteiger partial charge < -0.3 is 10.3 Å². The number of nitrogens with zero attached hydrogens (tertiary/aromatic N) is 3. The number of hydrogen-bond acceptors (Lipinski definition) is 5. The molecule has 1 aromatic carbocycles. The molecule has 1 saturated heterocycles. The first-order chi connectivity index (χ1) is 14.1. The predicted molar refractivity (Wildman–Crippen MR) is 116 cm³/mol. The number of carbonyl (C=O) groups is 1. The number of carbonyl (C=O) groups excluding carboxylic acids is 1. The number of thiazole rings is 1. The highest BCUT2D eigenvalue weighted by Gasteiger charge is 2.26. The molecule has 7 heteroatoms. The average molecular weight is 410 g/mol. The number of anilines is 1. The monoisotopic (exact) mass is 409 g/mol. The number of aryl methyl sites for hydroxylation is 3. The first kappa shape index (κ1) is 18.8. The van der Waals surface area contributed by atoms with Crippen LogP contribution in [0.1, 0.15) is 47.6 Å². The van der Waals surface area contributed by atoms with E-state index < -0.39 is 0 Å². The molecule has 1 fully saturated rings. The van der Waals surface area contributed by atoms with Crippen molar-refractivity contribution in [2.24, 2.45) is 5.92 Å². The van der Waals surface area contributed by atoms with Crippen LogP contribution in [-0.4, -0.2) is 38.8 Å². The summed E-state index contributed by atoms with van der Waals surface area (Å²) in [4.78, 5) is 29.3. The number of aromatic nitrogens is 3. The Morgan fingerprint density at radius 1 is 1.24 bits per heavy atom. The number of fused-ring (bicyclic) bond motifs is 2. The number of amides is 1. The number of hydrogen-bond donors (Lipinski definition) is 2. The second-order valence-corrected chi connectivity index (χ2v) is 9.42. The van der Waals surface area contributed by atoms with Crippen LogP contribution in [0.15, 0.2) is 18.2 Å².